The van der Waals surface area contributed by atoms with Crippen LogP contribution in [0.15, 0.2) is 66.6 Å². The molecule has 0 spiro atoms. The number of hydrogen-bond donors (Lipinski definition) is 1. The van der Waals surface area contributed by atoms with Gasteiger partial charge in [0.25, 0.3) is 0 Å². The molecule has 1 aromatic heterocycles. The Hall–Kier alpha value is -3.91. The average Bonchev–Trinajstić information content (AvgIpc) is 3.01. The van der Waals surface area contributed by atoms with Crippen molar-refractivity contribution in [3.8, 4) is 33.8 Å². The standard InChI is InChI=1S/C28H24N3.C13H24O2.Ir/c1-17-10-18(2)13-22(12-17)27-28(23-14-19(3)11-20(4)15-23)31-26(16-30-27)24-8-7-9-25(29-6)21(24)5;1-5-10(6-2)12(14)9-13(15)11(7-3)8-4;/h7-12,14-16H,1-5H3;9-11,14H,5-8H2,1-4H3;/q-1;;/b;12-9-;. The van der Waals surface area contributed by atoms with Crippen LogP contribution in [0.5, 0.6) is 0 Å². The van der Waals surface area contributed by atoms with Gasteiger partial charge in [-0.2, -0.15) is 0 Å². The molecule has 1 radical (unpaired) electrons. The normalized spacial score (nSPS) is 11.1. The van der Waals surface area contributed by atoms with Crippen LogP contribution in [-0.4, -0.2) is 20.9 Å². The van der Waals surface area contributed by atoms with Crippen molar-refractivity contribution in [3.63, 3.8) is 0 Å². The van der Waals surface area contributed by atoms with Crippen molar-refractivity contribution in [3.05, 3.63) is 112 Å². The van der Waals surface area contributed by atoms with Gasteiger partial charge in [0.15, 0.2) is 11.5 Å². The maximum absolute atomic E-state index is 11.7. The van der Waals surface area contributed by atoms with E-state index in [1.807, 2.05) is 65.9 Å². The smallest absolute Gasteiger partial charge is 0.190 e. The van der Waals surface area contributed by atoms with E-state index >= 15 is 0 Å². The molecule has 0 aliphatic heterocycles. The third-order valence-electron chi connectivity index (χ3n) is 8.45. The second-order valence-corrected chi connectivity index (χ2v) is 12.1. The fraction of sp³-hybridized carbons (Fsp3) is 0.366. The van der Waals surface area contributed by atoms with Gasteiger partial charge in [-0.15, -0.1) is 34.9 Å². The van der Waals surface area contributed by atoms with Crippen LogP contribution in [0.25, 0.3) is 38.6 Å². The van der Waals surface area contributed by atoms with Gasteiger partial charge in [-0.05, 0) is 63.1 Å². The first-order valence-corrected chi connectivity index (χ1v) is 16.3. The van der Waals surface area contributed by atoms with Gasteiger partial charge in [0.05, 0.1) is 23.7 Å². The Bertz CT molecular complexity index is 1700. The van der Waals surface area contributed by atoms with Crippen molar-refractivity contribution in [2.45, 2.75) is 88.0 Å². The number of nitrogens with zero attached hydrogens (tertiary/aromatic N) is 3. The van der Waals surface area contributed by atoms with Crippen LogP contribution in [0, 0.1) is 59.1 Å². The number of carbonyl (C=O) groups excluding carboxylic acids is 1. The first-order valence-electron chi connectivity index (χ1n) is 16.3. The summed E-state index contributed by atoms with van der Waals surface area (Å²) in [5.74, 6) is 0.547. The molecule has 47 heavy (non-hydrogen) atoms. The van der Waals surface area contributed by atoms with Crippen LogP contribution in [0.3, 0.4) is 0 Å². The summed E-state index contributed by atoms with van der Waals surface area (Å²) < 4.78 is 0. The molecule has 0 fully saturated rings. The van der Waals surface area contributed by atoms with E-state index in [1.165, 1.54) is 22.8 Å². The molecule has 4 aromatic rings. The van der Waals surface area contributed by atoms with Gasteiger partial charge in [-0.3, -0.25) is 9.78 Å². The largest absolute Gasteiger partial charge is 0.512 e. The van der Waals surface area contributed by atoms with E-state index in [0.717, 1.165) is 70.6 Å². The zero-order valence-corrected chi connectivity index (χ0v) is 31.7. The molecule has 1 N–H and O–H groups in total. The zero-order valence-electron chi connectivity index (χ0n) is 29.3. The summed E-state index contributed by atoms with van der Waals surface area (Å²) in [5.41, 5.74) is 11.5. The Balaban J connectivity index is 0.000000410. The predicted molar refractivity (Wildman–Crippen MR) is 191 cm³/mol. The number of aryl methyl sites for hydroxylation is 4. The van der Waals surface area contributed by atoms with Gasteiger partial charge in [-0.25, -0.2) is 4.85 Å². The molecule has 0 saturated heterocycles. The summed E-state index contributed by atoms with van der Waals surface area (Å²) >= 11 is 0. The van der Waals surface area contributed by atoms with E-state index < -0.39 is 0 Å². The zero-order chi connectivity index (χ0) is 34.0. The third kappa shape index (κ3) is 10.3. The van der Waals surface area contributed by atoms with Crippen LogP contribution in [0.1, 0.15) is 81.2 Å². The molecule has 0 bridgehead atoms. The Morgan fingerprint density at radius 1 is 0.872 bits per heavy atom. The van der Waals surface area contributed by atoms with Crippen LogP contribution in [0.4, 0.5) is 5.69 Å². The molecule has 0 atom stereocenters. The molecule has 0 amide bonds. The summed E-state index contributed by atoms with van der Waals surface area (Å²) in [7, 11) is 0. The minimum atomic E-state index is 0. The van der Waals surface area contributed by atoms with Crippen LogP contribution in [-0.2, 0) is 24.9 Å². The van der Waals surface area contributed by atoms with Crippen molar-refractivity contribution in [1.82, 2.24) is 9.97 Å². The van der Waals surface area contributed by atoms with Gasteiger partial charge >= 0.3 is 0 Å². The maximum atomic E-state index is 11.7. The fourth-order valence-corrected chi connectivity index (χ4v) is 5.85. The number of ketones is 1. The van der Waals surface area contributed by atoms with Gasteiger partial charge in [0.1, 0.15) is 0 Å². The van der Waals surface area contributed by atoms with E-state index in [1.54, 1.807) is 0 Å². The van der Waals surface area contributed by atoms with E-state index in [9.17, 15) is 9.90 Å². The van der Waals surface area contributed by atoms with E-state index in [-0.39, 0.29) is 43.5 Å². The molecular formula is C41H48IrN3O2-. The molecule has 0 unspecified atom stereocenters. The molecular weight excluding hydrogens is 759 g/mol. The summed E-state index contributed by atoms with van der Waals surface area (Å²) in [6, 6.07) is 19.9. The number of aliphatic hydroxyl groups is 1. The molecule has 249 valence electrons. The van der Waals surface area contributed by atoms with Crippen molar-refractivity contribution >= 4 is 11.5 Å². The summed E-state index contributed by atoms with van der Waals surface area (Å²) in [6.45, 7) is 25.8. The Labute approximate surface area is 295 Å². The number of hydrogen-bond acceptors (Lipinski definition) is 4. The summed E-state index contributed by atoms with van der Waals surface area (Å²) in [5, 5.41) is 9.76. The van der Waals surface area contributed by atoms with E-state index in [2.05, 4.69) is 62.0 Å². The number of aromatic nitrogens is 2. The number of rotatable bonds is 10. The maximum Gasteiger partial charge on any atom is 0.190 e. The minimum absolute atomic E-state index is 0. The molecule has 0 aliphatic carbocycles. The van der Waals surface area contributed by atoms with Gasteiger partial charge in [0.2, 0.25) is 0 Å². The average molecular weight is 807 g/mol. The number of benzene rings is 3. The fourth-order valence-electron chi connectivity index (χ4n) is 5.85. The first kappa shape index (κ1) is 39.3. The molecule has 4 rings (SSSR count). The topological polar surface area (TPSA) is 67.4 Å². The molecule has 0 aliphatic rings. The number of carbonyl (C=O) groups is 1. The Morgan fingerprint density at radius 2 is 1.47 bits per heavy atom. The van der Waals surface area contributed by atoms with Gasteiger partial charge in [-0.1, -0.05) is 89.1 Å². The minimum Gasteiger partial charge on any atom is -0.512 e. The van der Waals surface area contributed by atoms with Crippen LogP contribution < -0.4 is 0 Å². The molecule has 1 heterocycles. The second kappa shape index (κ2) is 18.4. The van der Waals surface area contributed by atoms with Crippen molar-refractivity contribution in [1.29, 1.82) is 0 Å². The second-order valence-electron chi connectivity index (χ2n) is 12.1. The predicted octanol–water partition coefficient (Wildman–Crippen LogP) is 11.2. The molecule has 3 aromatic carbocycles. The molecule has 5 nitrogen and oxygen atoms in total. The Kier molecular flexibility index (Phi) is 15.4. The van der Waals surface area contributed by atoms with Gasteiger partial charge < -0.3 is 10.1 Å². The first-order chi connectivity index (χ1) is 21.9. The van der Waals surface area contributed by atoms with Crippen molar-refractivity contribution < 1.29 is 30.0 Å². The third-order valence-corrected chi connectivity index (χ3v) is 8.45. The number of aliphatic hydroxyl groups excluding tert-OH is 1. The quantitative estimate of drug-likeness (QED) is 0.0985. The van der Waals surface area contributed by atoms with Crippen molar-refractivity contribution in [2.75, 3.05) is 0 Å². The molecule has 0 saturated carbocycles. The number of allylic oxidation sites excluding steroid dienone is 2. The van der Waals surface area contributed by atoms with E-state index in [0.29, 0.717) is 5.69 Å². The van der Waals surface area contributed by atoms with Gasteiger partial charge in [0, 0.05) is 49.9 Å². The van der Waals surface area contributed by atoms with Crippen LogP contribution in [0.2, 0.25) is 0 Å². The van der Waals surface area contributed by atoms with Crippen LogP contribution >= 0.6 is 0 Å². The summed E-state index contributed by atoms with van der Waals surface area (Å²) in [4.78, 5) is 25.3. The monoisotopic (exact) mass is 807 g/mol. The molecule has 6 heteroatoms. The Morgan fingerprint density at radius 3 is 2.02 bits per heavy atom. The van der Waals surface area contributed by atoms with Crippen molar-refractivity contribution in [2.24, 2.45) is 11.8 Å². The van der Waals surface area contributed by atoms with E-state index in [4.69, 9.17) is 16.5 Å². The summed E-state index contributed by atoms with van der Waals surface area (Å²) in [6.07, 6.45) is 6.71. The SMILES string of the molecule is CCC(CC)C(=O)/C=C(\O)C(CC)CC.[C-]#[N+]c1cccc(-c2cnc(-c3[c-]c(C)cc(C)c3)c(-c3cc(C)cc(C)c3)n2)c1C.[Ir].